The lowest BCUT2D eigenvalue weighted by atomic mass is 9.99. The van der Waals surface area contributed by atoms with Gasteiger partial charge < -0.3 is 19.5 Å². The summed E-state index contributed by atoms with van der Waals surface area (Å²) in [4.78, 5) is 15.6. The van der Waals surface area contributed by atoms with Gasteiger partial charge in [-0.25, -0.2) is 0 Å². The van der Waals surface area contributed by atoms with Gasteiger partial charge in [0.2, 0.25) is 0 Å². The molecule has 1 amide bonds. The monoisotopic (exact) mass is 306 g/mol. The van der Waals surface area contributed by atoms with E-state index in [1.807, 2.05) is 13.8 Å². The van der Waals surface area contributed by atoms with Crippen LogP contribution in [0.3, 0.4) is 0 Å². The largest absolute Gasteiger partial charge is 0.429 e. The first kappa shape index (κ1) is 14.3. The van der Waals surface area contributed by atoms with Crippen molar-refractivity contribution in [2.24, 2.45) is 0 Å². The van der Waals surface area contributed by atoms with Gasteiger partial charge >= 0.3 is 0 Å². The number of rotatable bonds is 2. The van der Waals surface area contributed by atoms with Gasteiger partial charge in [0.05, 0.1) is 17.7 Å². The summed E-state index contributed by atoms with van der Waals surface area (Å²) in [6.07, 6.45) is 2.01. The van der Waals surface area contributed by atoms with Crippen LogP contribution in [0.4, 0.5) is 0 Å². The number of aromatic nitrogens is 1. The third-order valence-corrected chi connectivity index (χ3v) is 3.90. The van der Waals surface area contributed by atoms with Crippen LogP contribution in [-0.4, -0.2) is 29.1 Å². The number of amides is 1. The van der Waals surface area contributed by atoms with Gasteiger partial charge in [0.15, 0.2) is 5.58 Å². The van der Waals surface area contributed by atoms with Gasteiger partial charge in [-0.1, -0.05) is 0 Å². The van der Waals surface area contributed by atoms with E-state index >= 15 is 0 Å². The first-order valence-corrected chi connectivity index (χ1v) is 7.51. The first-order valence-electron chi connectivity index (χ1n) is 7.10. The second-order valence-electron chi connectivity index (χ2n) is 5.62. The number of benzene rings is 1. The molecule has 1 saturated heterocycles. The zero-order valence-electron chi connectivity index (χ0n) is 12.0. The smallest absolute Gasteiger partial charge is 0.266 e. The molecule has 2 atom stereocenters. The molecule has 2 heterocycles. The topological polar surface area (TPSA) is 67.3 Å². The van der Waals surface area contributed by atoms with E-state index < -0.39 is 0 Å². The van der Waals surface area contributed by atoms with Gasteiger partial charge in [0, 0.05) is 11.6 Å². The Morgan fingerprint density at radius 2 is 2.05 bits per heavy atom. The minimum atomic E-state index is -0.0921. The molecule has 3 rings (SSSR count). The summed E-state index contributed by atoms with van der Waals surface area (Å²) in [5.74, 6) is -0.0921. The van der Waals surface area contributed by atoms with Gasteiger partial charge in [0.25, 0.3) is 10.7 Å². The second kappa shape index (κ2) is 5.61. The number of carbonyl (C=O) groups is 1. The average Bonchev–Trinajstić information content (AvgIpc) is 2.76. The molecule has 0 bridgehead atoms. The van der Waals surface area contributed by atoms with E-state index in [0.29, 0.717) is 16.0 Å². The van der Waals surface area contributed by atoms with Crippen molar-refractivity contribution in [2.45, 2.75) is 44.9 Å². The van der Waals surface area contributed by atoms with Crippen LogP contribution >= 0.6 is 12.2 Å². The van der Waals surface area contributed by atoms with Crippen LogP contribution in [0.2, 0.25) is 0 Å². The van der Waals surface area contributed by atoms with E-state index in [9.17, 15) is 4.79 Å². The van der Waals surface area contributed by atoms with Gasteiger partial charge in [-0.15, -0.1) is 0 Å². The van der Waals surface area contributed by atoms with Crippen LogP contribution < -0.4 is 5.32 Å². The Morgan fingerprint density at radius 1 is 1.33 bits per heavy atom. The Morgan fingerprint density at radius 3 is 2.76 bits per heavy atom. The predicted octanol–water partition coefficient (Wildman–Crippen LogP) is 3.18. The SMILES string of the molecule is CC1CC(NC(=O)c2ccc3[nH]c(=S)oc3c2)CC(C)O1. The Bertz CT molecular complexity index is 711. The maximum Gasteiger partial charge on any atom is 0.266 e. The van der Waals surface area contributed by atoms with Crippen LogP contribution in [0, 0.1) is 4.84 Å². The highest BCUT2D eigenvalue weighted by Crippen LogP contribution is 2.20. The molecule has 6 heteroatoms. The van der Waals surface area contributed by atoms with E-state index in [1.54, 1.807) is 18.2 Å². The lowest BCUT2D eigenvalue weighted by molar-refractivity contribution is -0.0408. The van der Waals surface area contributed by atoms with E-state index in [-0.39, 0.29) is 24.2 Å². The Kier molecular flexibility index (Phi) is 3.82. The first-order chi connectivity index (χ1) is 10.0. The van der Waals surface area contributed by atoms with E-state index in [1.165, 1.54) is 0 Å². The van der Waals surface area contributed by atoms with Crippen LogP contribution in [0.1, 0.15) is 37.0 Å². The number of oxazole rings is 1. The minimum absolute atomic E-state index is 0.0921. The Balaban J connectivity index is 1.75. The molecule has 0 saturated carbocycles. The molecule has 21 heavy (non-hydrogen) atoms. The molecule has 1 aromatic carbocycles. The normalized spacial score (nSPS) is 25.9. The molecule has 0 aliphatic carbocycles. The summed E-state index contributed by atoms with van der Waals surface area (Å²) in [7, 11) is 0. The number of hydrogen-bond acceptors (Lipinski definition) is 4. The molecular formula is C15H18N2O3S. The lowest BCUT2D eigenvalue weighted by Gasteiger charge is -2.32. The van der Waals surface area contributed by atoms with Crippen LogP contribution in [0.5, 0.6) is 0 Å². The van der Waals surface area contributed by atoms with E-state index in [2.05, 4.69) is 10.3 Å². The van der Waals surface area contributed by atoms with Crippen molar-refractivity contribution in [3.05, 3.63) is 28.6 Å². The molecule has 0 spiro atoms. The van der Waals surface area contributed by atoms with E-state index in [4.69, 9.17) is 21.4 Å². The molecule has 112 valence electrons. The highest BCUT2D eigenvalue weighted by molar-refractivity contribution is 7.71. The summed E-state index contributed by atoms with van der Waals surface area (Å²) in [5.41, 5.74) is 1.97. The second-order valence-corrected chi connectivity index (χ2v) is 6.00. The van der Waals surface area contributed by atoms with Crippen LogP contribution in [0.15, 0.2) is 22.6 Å². The fourth-order valence-electron chi connectivity index (χ4n) is 2.88. The summed E-state index contributed by atoms with van der Waals surface area (Å²) < 4.78 is 11.0. The molecule has 2 aromatic rings. The number of carbonyl (C=O) groups excluding carboxylic acids is 1. The molecule has 5 nitrogen and oxygen atoms in total. The number of hydrogen-bond donors (Lipinski definition) is 2. The van der Waals surface area contributed by atoms with Crippen molar-refractivity contribution in [1.82, 2.24) is 10.3 Å². The summed E-state index contributed by atoms with van der Waals surface area (Å²) >= 11 is 4.94. The average molecular weight is 306 g/mol. The van der Waals surface area contributed by atoms with E-state index in [0.717, 1.165) is 18.4 Å². The van der Waals surface area contributed by atoms with Gasteiger partial charge in [-0.05, 0) is 57.1 Å². The predicted molar refractivity (Wildman–Crippen MR) is 81.9 cm³/mol. The number of ether oxygens (including phenoxy) is 1. The molecule has 0 radical (unpaired) electrons. The lowest BCUT2D eigenvalue weighted by Crippen LogP contribution is -2.43. The Hall–Kier alpha value is -1.66. The number of aromatic amines is 1. The molecule has 2 unspecified atom stereocenters. The zero-order chi connectivity index (χ0) is 15.0. The number of fused-ring (bicyclic) bond motifs is 1. The molecule has 1 fully saturated rings. The summed E-state index contributed by atoms with van der Waals surface area (Å²) in [6, 6.07) is 5.43. The summed E-state index contributed by atoms with van der Waals surface area (Å²) in [5, 5.41) is 3.07. The van der Waals surface area contributed by atoms with Crippen molar-refractivity contribution >= 4 is 29.2 Å². The third kappa shape index (κ3) is 3.16. The van der Waals surface area contributed by atoms with Crippen molar-refractivity contribution in [2.75, 3.05) is 0 Å². The van der Waals surface area contributed by atoms with Gasteiger partial charge in [0.1, 0.15) is 0 Å². The maximum atomic E-state index is 12.3. The maximum absolute atomic E-state index is 12.3. The van der Waals surface area contributed by atoms with Crippen LogP contribution in [-0.2, 0) is 4.74 Å². The minimum Gasteiger partial charge on any atom is -0.429 e. The fourth-order valence-corrected chi connectivity index (χ4v) is 3.08. The molecule has 1 aromatic heterocycles. The van der Waals surface area contributed by atoms with Crippen molar-refractivity contribution in [3.63, 3.8) is 0 Å². The zero-order valence-corrected chi connectivity index (χ0v) is 12.8. The quantitative estimate of drug-likeness (QED) is 0.836. The highest BCUT2D eigenvalue weighted by atomic mass is 32.1. The number of nitrogens with one attached hydrogen (secondary N) is 2. The standard InChI is InChI=1S/C15H18N2O3S/c1-8-5-11(6-9(2)19-8)16-14(18)10-3-4-12-13(7-10)20-15(21)17-12/h3-4,7-9,11H,5-6H2,1-2H3,(H,16,18)(H,17,21). The molecule has 2 N–H and O–H groups in total. The molecular weight excluding hydrogens is 288 g/mol. The van der Waals surface area contributed by atoms with Crippen molar-refractivity contribution < 1.29 is 13.9 Å². The molecule has 1 aliphatic heterocycles. The highest BCUT2D eigenvalue weighted by Gasteiger charge is 2.25. The summed E-state index contributed by atoms with van der Waals surface area (Å²) in [6.45, 7) is 4.06. The van der Waals surface area contributed by atoms with Crippen LogP contribution in [0.25, 0.3) is 11.1 Å². The molecule has 1 aliphatic rings. The fraction of sp³-hybridized carbons (Fsp3) is 0.467. The Labute approximate surface area is 127 Å². The van der Waals surface area contributed by atoms with Gasteiger partial charge in [-0.2, -0.15) is 0 Å². The van der Waals surface area contributed by atoms with Crippen molar-refractivity contribution in [3.8, 4) is 0 Å². The van der Waals surface area contributed by atoms with Gasteiger partial charge in [-0.3, -0.25) is 4.79 Å². The third-order valence-electron chi connectivity index (χ3n) is 3.72. The van der Waals surface area contributed by atoms with Crippen molar-refractivity contribution in [1.29, 1.82) is 0 Å². The number of H-pyrrole nitrogens is 1.